The van der Waals surface area contributed by atoms with Crippen LogP contribution < -0.4 is 16.4 Å². The molecule has 0 bridgehead atoms. The normalized spacial score (nSPS) is 13.6. The molecule has 0 aliphatic rings. The van der Waals surface area contributed by atoms with E-state index in [1.165, 1.54) is 4.90 Å². The minimum atomic E-state index is -1.32. The molecule has 9 heteroatoms. The van der Waals surface area contributed by atoms with Crippen molar-refractivity contribution in [2.75, 3.05) is 0 Å². The monoisotopic (exact) mass is 566 g/mol. The van der Waals surface area contributed by atoms with E-state index in [1.54, 1.807) is 20.8 Å². The van der Waals surface area contributed by atoms with E-state index in [4.69, 9.17) is 10.5 Å². The van der Waals surface area contributed by atoms with E-state index in [-0.39, 0.29) is 12.5 Å². The number of primary amides is 1. The molecule has 2 aromatic rings. The molecular formula is C32H46N4O5. The number of amides is 4. The van der Waals surface area contributed by atoms with Gasteiger partial charge in [0.25, 0.3) is 0 Å². The van der Waals surface area contributed by atoms with Crippen molar-refractivity contribution >= 4 is 23.8 Å². The molecule has 2 rings (SSSR count). The molecule has 4 N–H and O–H groups in total. The topological polar surface area (TPSA) is 131 Å². The van der Waals surface area contributed by atoms with E-state index in [1.807, 2.05) is 68.4 Å². The molecule has 0 radical (unpaired) electrons. The van der Waals surface area contributed by atoms with Gasteiger partial charge in [0.1, 0.15) is 17.7 Å². The summed E-state index contributed by atoms with van der Waals surface area (Å²) in [6.07, 6.45) is 0.106. The van der Waals surface area contributed by atoms with Crippen molar-refractivity contribution in [1.29, 1.82) is 0 Å². The molecule has 0 fully saturated rings. The molecule has 0 aromatic heterocycles. The largest absolute Gasteiger partial charge is 0.444 e. The number of rotatable bonds is 13. The highest BCUT2D eigenvalue weighted by atomic mass is 16.6. The lowest BCUT2D eigenvalue weighted by Gasteiger charge is -2.38. The van der Waals surface area contributed by atoms with E-state index in [2.05, 4.69) is 24.5 Å². The molecule has 0 spiro atoms. The Kier molecular flexibility index (Phi) is 12.4. The molecule has 224 valence electrons. The number of carbonyl (C=O) groups is 4. The third-order valence-corrected chi connectivity index (χ3v) is 6.51. The number of hydrogen-bond acceptors (Lipinski definition) is 5. The second-order valence-electron chi connectivity index (χ2n) is 12.0. The third kappa shape index (κ3) is 11.3. The fourth-order valence-corrected chi connectivity index (χ4v) is 4.41. The Labute approximate surface area is 244 Å². The summed E-state index contributed by atoms with van der Waals surface area (Å²) < 4.78 is 5.36. The summed E-state index contributed by atoms with van der Waals surface area (Å²) in [5.41, 5.74) is 7.20. The quantitative estimate of drug-likeness (QED) is 0.321. The Morgan fingerprint density at radius 2 is 1.54 bits per heavy atom. The van der Waals surface area contributed by atoms with Crippen LogP contribution in [0.5, 0.6) is 0 Å². The first-order valence-electron chi connectivity index (χ1n) is 14.2. The van der Waals surface area contributed by atoms with Crippen LogP contribution in [-0.4, -0.2) is 46.4 Å². The van der Waals surface area contributed by atoms with Crippen molar-refractivity contribution in [1.82, 2.24) is 15.5 Å². The summed E-state index contributed by atoms with van der Waals surface area (Å²) in [6.45, 7) is 13.3. The average molecular weight is 567 g/mol. The van der Waals surface area contributed by atoms with Crippen molar-refractivity contribution in [2.45, 2.75) is 98.0 Å². The zero-order valence-corrected chi connectivity index (χ0v) is 25.4. The summed E-state index contributed by atoms with van der Waals surface area (Å²) in [4.78, 5) is 54.5. The Bertz CT molecular complexity index is 1160. The van der Waals surface area contributed by atoms with Gasteiger partial charge < -0.3 is 26.0 Å². The lowest BCUT2D eigenvalue weighted by atomic mass is 9.96. The summed E-state index contributed by atoms with van der Waals surface area (Å²) in [6, 6.07) is 14.1. The van der Waals surface area contributed by atoms with Crippen LogP contribution in [-0.2, 0) is 25.7 Å². The van der Waals surface area contributed by atoms with Gasteiger partial charge in [0.15, 0.2) is 0 Å². The van der Waals surface area contributed by atoms with E-state index >= 15 is 0 Å². The van der Waals surface area contributed by atoms with Crippen LogP contribution in [0.15, 0.2) is 54.6 Å². The van der Waals surface area contributed by atoms with Crippen molar-refractivity contribution in [2.24, 2.45) is 11.7 Å². The smallest absolute Gasteiger partial charge is 0.408 e. The first kappa shape index (κ1) is 33.3. The van der Waals surface area contributed by atoms with Crippen molar-refractivity contribution in [3.8, 4) is 0 Å². The zero-order chi connectivity index (χ0) is 30.7. The van der Waals surface area contributed by atoms with Crippen molar-refractivity contribution in [3.05, 3.63) is 71.3 Å². The van der Waals surface area contributed by atoms with Crippen molar-refractivity contribution in [3.63, 3.8) is 0 Å². The van der Waals surface area contributed by atoms with Gasteiger partial charge in [-0.05, 0) is 64.5 Å². The lowest BCUT2D eigenvalue weighted by molar-refractivity contribution is -0.146. The fourth-order valence-electron chi connectivity index (χ4n) is 4.41. The number of benzene rings is 2. The molecule has 3 atom stereocenters. The van der Waals surface area contributed by atoms with E-state index in [9.17, 15) is 19.2 Å². The number of hydrogen-bond donors (Lipinski definition) is 3. The standard InChI is InChI=1S/C32H46N4O5/c1-21(2)13-16-23(4)36(30(39)26(19-27(33)37)35-31(40)41-32(5,6)7)28(25-17-14-22(3)15-18-25)29(38)34-20-24-11-9-8-10-12-24/h8-12,14-15,17-18,21,23,26,28H,13,16,19-20H2,1-7H3,(H2,33,37)(H,34,38)(H,35,40). The number of ether oxygens (including phenoxy) is 1. The number of carbonyl (C=O) groups excluding carboxylic acids is 4. The molecule has 9 nitrogen and oxygen atoms in total. The highest BCUT2D eigenvalue weighted by molar-refractivity contribution is 5.94. The van der Waals surface area contributed by atoms with Crippen LogP contribution in [0.2, 0.25) is 0 Å². The minimum Gasteiger partial charge on any atom is -0.444 e. The molecule has 2 aromatic carbocycles. The minimum absolute atomic E-state index is 0.269. The first-order chi connectivity index (χ1) is 19.2. The van der Waals surface area contributed by atoms with Gasteiger partial charge in [0.2, 0.25) is 17.7 Å². The van der Waals surface area contributed by atoms with Gasteiger partial charge in [-0.15, -0.1) is 0 Å². The predicted octanol–water partition coefficient (Wildman–Crippen LogP) is 4.77. The Hall–Kier alpha value is -3.88. The zero-order valence-electron chi connectivity index (χ0n) is 25.4. The third-order valence-electron chi connectivity index (χ3n) is 6.51. The Balaban J connectivity index is 2.56. The number of alkyl carbamates (subject to hydrolysis) is 1. The Morgan fingerprint density at radius 1 is 0.927 bits per heavy atom. The summed E-state index contributed by atoms with van der Waals surface area (Å²) in [7, 11) is 0. The molecule has 0 aliphatic carbocycles. The highest BCUT2D eigenvalue weighted by Crippen LogP contribution is 2.28. The lowest BCUT2D eigenvalue weighted by Crippen LogP contribution is -2.56. The SMILES string of the molecule is Cc1ccc(C(C(=O)NCc2ccccc2)N(C(=O)C(CC(N)=O)NC(=O)OC(C)(C)C)C(C)CCC(C)C)cc1. The highest BCUT2D eigenvalue weighted by Gasteiger charge is 2.39. The van der Waals surface area contributed by atoms with Crippen LogP contribution >= 0.6 is 0 Å². The molecule has 4 amide bonds. The Morgan fingerprint density at radius 3 is 2.07 bits per heavy atom. The van der Waals surface area contributed by atoms with Gasteiger partial charge in [0.05, 0.1) is 6.42 Å². The van der Waals surface area contributed by atoms with Crippen LogP contribution in [0.1, 0.15) is 83.5 Å². The van der Waals surface area contributed by atoms with Gasteiger partial charge in [-0.1, -0.05) is 74.0 Å². The summed E-state index contributed by atoms with van der Waals surface area (Å²) in [5, 5.41) is 5.51. The van der Waals surface area contributed by atoms with Gasteiger partial charge in [-0.3, -0.25) is 14.4 Å². The maximum absolute atomic E-state index is 14.3. The number of nitrogens with one attached hydrogen (secondary N) is 2. The van der Waals surface area contributed by atoms with Crippen LogP contribution in [0.4, 0.5) is 4.79 Å². The number of nitrogens with zero attached hydrogens (tertiary/aromatic N) is 1. The van der Waals surface area contributed by atoms with Gasteiger partial charge in [-0.25, -0.2) is 4.79 Å². The maximum Gasteiger partial charge on any atom is 0.408 e. The summed E-state index contributed by atoms with van der Waals surface area (Å²) >= 11 is 0. The number of aryl methyl sites for hydroxylation is 1. The fraction of sp³-hybridized carbons (Fsp3) is 0.500. The van der Waals surface area contributed by atoms with E-state index in [0.29, 0.717) is 17.9 Å². The molecule has 41 heavy (non-hydrogen) atoms. The average Bonchev–Trinajstić information content (AvgIpc) is 2.88. The molecule has 0 saturated carbocycles. The van der Waals surface area contributed by atoms with Gasteiger partial charge in [-0.2, -0.15) is 0 Å². The molecular weight excluding hydrogens is 520 g/mol. The van der Waals surface area contributed by atoms with Crippen LogP contribution in [0.25, 0.3) is 0 Å². The van der Waals surface area contributed by atoms with Gasteiger partial charge in [0, 0.05) is 12.6 Å². The molecule has 0 aliphatic heterocycles. The predicted molar refractivity (Wildman–Crippen MR) is 160 cm³/mol. The maximum atomic E-state index is 14.3. The molecule has 3 unspecified atom stereocenters. The summed E-state index contributed by atoms with van der Waals surface area (Å²) in [5.74, 6) is -1.38. The second kappa shape index (κ2) is 15.2. The van der Waals surface area contributed by atoms with Crippen LogP contribution in [0.3, 0.4) is 0 Å². The number of nitrogens with two attached hydrogens (primary N) is 1. The first-order valence-corrected chi connectivity index (χ1v) is 14.2. The second-order valence-corrected chi connectivity index (χ2v) is 12.0. The van der Waals surface area contributed by atoms with E-state index in [0.717, 1.165) is 17.5 Å². The van der Waals surface area contributed by atoms with Gasteiger partial charge >= 0.3 is 6.09 Å². The van der Waals surface area contributed by atoms with E-state index < -0.39 is 48.1 Å². The molecule has 0 heterocycles. The van der Waals surface area contributed by atoms with Crippen LogP contribution in [0, 0.1) is 12.8 Å². The molecule has 0 saturated heterocycles. The van der Waals surface area contributed by atoms with Crippen molar-refractivity contribution < 1.29 is 23.9 Å².